The van der Waals surface area contributed by atoms with Crippen LogP contribution < -0.4 is 0 Å². The Kier molecular flexibility index (Phi) is 2.10. The fraction of sp³-hybridized carbons (Fsp3) is 0.895. The molecule has 7 atom stereocenters. The molecule has 0 bridgehead atoms. The number of hydrogen-bond donors (Lipinski definition) is 0. The minimum absolute atomic E-state index is 0.588. The Morgan fingerprint density at radius 3 is 2.89 bits per heavy atom. The van der Waals surface area contributed by atoms with Gasteiger partial charge in [0.15, 0.2) is 0 Å². The average molecular weight is 256 g/mol. The van der Waals surface area contributed by atoms with E-state index in [0.29, 0.717) is 5.41 Å². The third-order valence-corrected chi connectivity index (χ3v) is 8.32. The topological polar surface area (TPSA) is 0 Å². The van der Waals surface area contributed by atoms with E-state index < -0.39 is 0 Å². The second-order valence-electron chi connectivity index (χ2n) is 8.84. The molecule has 0 saturated heterocycles. The zero-order chi connectivity index (χ0) is 12.7. The molecule has 0 heterocycles. The normalized spacial score (nSPS) is 61.8. The molecular weight excluding hydrogens is 228 g/mol. The lowest BCUT2D eigenvalue weighted by molar-refractivity contribution is -0.0459. The minimum atomic E-state index is 0.588. The molecule has 0 heteroatoms. The lowest BCUT2D eigenvalue weighted by Gasteiger charge is -2.54. The molecule has 0 aromatic rings. The third kappa shape index (κ3) is 1.32. The summed E-state index contributed by atoms with van der Waals surface area (Å²) in [6.07, 6.45) is 19.1. The van der Waals surface area contributed by atoms with Crippen LogP contribution in [0.15, 0.2) is 12.2 Å². The van der Waals surface area contributed by atoms with E-state index >= 15 is 0 Å². The molecule has 0 aliphatic heterocycles. The second-order valence-corrected chi connectivity index (χ2v) is 8.84. The summed E-state index contributed by atoms with van der Waals surface area (Å²) in [7, 11) is 0. The van der Waals surface area contributed by atoms with E-state index in [9.17, 15) is 0 Å². The van der Waals surface area contributed by atoms with Gasteiger partial charge in [0.25, 0.3) is 0 Å². The first-order valence-corrected chi connectivity index (χ1v) is 8.91. The molecule has 4 saturated carbocycles. The van der Waals surface area contributed by atoms with Gasteiger partial charge in [-0.3, -0.25) is 0 Å². The van der Waals surface area contributed by atoms with Crippen LogP contribution in [0.5, 0.6) is 0 Å². The summed E-state index contributed by atoms with van der Waals surface area (Å²) in [5.41, 5.74) is 1.48. The Bertz CT molecular complexity index is 435. The zero-order valence-electron chi connectivity index (χ0n) is 12.4. The van der Waals surface area contributed by atoms with Crippen LogP contribution in [0.1, 0.15) is 64.7 Å². The van der Waals surface area contributed by atoms with Crippen LogP contribution in [-0.4, -0.2) is 0 Å². The van der Waals surface area contributed by atoms with Crippen LogP contribution in [0.25, 0.3) is 0 Å². The van der Waals surface area contributed by atoms with Gasteiger partial charge in [-0.15, -0.1) is 0 Å². The monoisotopic (exact) mass is 256 g/mol. The van der Waals surface area contributed by atoms with E-state index in [-0.39, 0.29) is 0 Å². The van der Waals surface area contributed by atoms with E-state index in [0.717, 1.165) is 35.0 Å². The number of hydrogen-bond acceptors (Lipinski definition) is 0. The number of fused-ring (bicyclic) bond motifs is 4. The molecule has 0 unspecified atom stereocenters. The molecule has 19 heavy (non-hydrogen) atoms. The van der Waals surface area contributed by atoms with Crippen molar-refractivity contribution in [3.05, 3.63) is 12.2 Å². The van der Waals surface area contributed by atoms with Crippen molar-refractivity contribution in [3.63, 3.8) is 0 Å². The third-order valence-electron chi connectivity index (χ3n) is 8.32. The van der Waals surface area contributed by atoms with Crippen molar-refractivity contribution in [2.75, 3.05) is 0 Å². The minimum Gasteiger partial charge on any atom is -0.0877 e. The Morgan fingerprint density at radius 1 is 1.00 bits per heavy atom. The predicted octanol–water partition coefficient (Wildman–Crippen LogP) is 5.20. The first-order chi connectivity index (χ1) is 9.23. The highest BCUT2D eigenvalue weighted by Crippen LogP contribution is 2.75. The summed E-state index contributed by atoms with van der Waals surface area (Å²) in [5, 5.41) is 0. The number of rotatable bonds is 0. The van der Waals surface area contributed by atoms with E-state index in [1.807, 2.05) is 0 Å². The maximum atomic E-state index is 2.59. The van der Waals surface area contributed by atoms with Crippen LogP contribution in [0.2, 0.25) is 0 Å². The molecule has 4 fully saturated rings. The van der Waals surface area contributed by atoms with Crippen molar-refractivity contribution in [2.45, 2.75) is 64.7 Å². The summed E-state index contributed by atoms with van der Waals surface area (Å²) in [5.74, 6) is 5.54. The molecule has 0 nitrogen and oxygen atoms in total. The van der Waals surface area contributed by atoms with E-state index in [4.69, 9.17) is 0 Å². The molecule has 5 rings (SSSR count). The molecule has 0 aromatic heterocycles. The highest BCUT2D eigenvalue weighted by Gasteiger charge is 2.66. The molecule has 5 aliphatic rings. The first kappa shape index (κ1) is 11.4. The van der Waals surface area contributed by atoms with Crippen molar-refractivity contribution < 1.29 is 0 Å². The van der Waals surface area contributed by atoms with Crippen molar-refractivity contribution >= 4 is 0 Å². The van der Waals surface area contributed by atoms with Gasteiger partial charge in [0.1, 0.15) is 0 Å². The smallest absolute Gasteiger partial charge is 0.0112 e. The van der Waals surface area contributed by atoms with E-state index in [1.54, 1.807) is 44.9 Å². The summed E-state index contributed by atoms with van der Waals surface area (Å²) < 4.78 is 0. The van der Waals surface area contributed by atoms with Crippen LogP contribution in [0.4, 0.5) is 0 Å². The Morgan fingerprint density at radius 2 is 1.95 bits per heavy atom. The van der Waals surface area contributed by atoms with Gasteiger partial charge in [-0.1, -0.05) is 31.9 Å². The highest BCUT2D eigenvalue weighted by atomic mass is 14.7. The molecule has 0 aromatic carbocycles. The fourth-order valence-corrected chi connectivity index (χ4v) is 7.38. The van der Waals surface area contributed by atoms with Crippen LogP contribution in [-0.2, 0) is 0 Å². The molecule has 1 spiro atoms. The number of allylic oxidation sites excluding steroid dienone is 2. The Hall–Kier alpha value is -0.260. The van der Waals surface area contributed by atoms with Gasteiger partial charge in [0.2, 0.25) is 0 Å². The van der Waals surface area contributed by atoms with Crippen molar-refractivity contribution in [1.29, 1.82) is 0 Å². The average Bonchev–Trinajstić information content (AvgIpc) is 2.95. The standard InChI is InChI=1S/C19H28/c1-18-8-4-6-16(18)15-11-13-12-19(13)9-3-2-5-17(19)14(15)7-10-18/h4,8,13-17H,2-3,5-7,9-12H2,1H3/t13-,14-,15+,16-,17+,18-,19+/m0/s1. The van der Waals surface area contributed by atoms with Gasteiger partial charge in [-0.05, 0) is 85.4 Å². The maximum absolute atomic E-state index is 2.59. The molecule has 5 aliphatic carbocycles. The molecule has 0 amide bonds. The molecular formula is C19H28. The van der Waals surface area contributed by atoms with Crippen molar-refractivity contribution in [3.8, 4) is 0 Å². The highest BCUT2D eigenvalue weighted by molar-refractivity contribution is 5.20. The second kappa shape index (κ2) is 3.49. The fourth-order valence-electron chi connectivity index (χ4n) is 7.38. The van der Waals surface area contributed by atoms with E-state index in [1.165, 1.54) is 12.8 Å². The van der Waals surface area contributed by atoms with Crippen LogP contribution in [0, 0.1) is 40.4 Å². The van der Waals surface area contributed by atoms with Gasteiger partial charge in [-0.2, -0.15) is 0 Å². The van der Waals surface area contributed by atoms with Crippen LogP contribution >= 0.6 is 0 Å². The predicted molar refractivity (Wildman–Crippen MR) is 78.7 cm³/mol. The largest absolute Gasteiger partial charge is 0.0877 e. The Labute approximate surface area is 118 Å². The van der Waals surface area contributed by atoms with Gasteiger partial charge in [-0.25, -0.2) is 0 Å². The van der Waals surface area contributed by atoms with Gasteiger partial charge in [0, 0.05) is 0 Å². The summed E-state index contributed by atoms with van der Waals surface area (Å²) >= 11 is 0. The SMILES string of the molecule is C[C@@]12C=CC[C@H]1[C@@H]1C[C@H]3C[C@]34CCCC[C@@H]4[C@H]1CC2. The zero-order valence-corrected chi connectivity index (χ0v) is 12.4. The van der Waals surface area contributed by atoms with Crippen molar-refractivity contribution in [2.24, 2.45) is 40.4 Å². The van der Waals surface area contributed by atoms with Gasteiger partial charge < -0.3 is 0 Å². The van der Waals surface area contributed by atoms with Crippen LogP contribution in [0.3, 0.4) is 0 Å². The van der Waals surface area contributed by atoms with Gasteiger partial charge >= 0.3 is 0 Å². The molecule has 0 radical (unpaired) electrons. The van der Waals surface area contributed by atoms with Crippen molar-refractivity contribution in [1.82, 2.24) is 0 Å². The maximum Gasteiger partial charge on any atom is -0.0112 e. The first-order valence-electron chi connectivity index (χ1n) is 8.91. The molecule has 0 N–H and O–H groups in total. The van der Waals surface area contributed by atoms with Gasteiger partial charge in [0.05, 0.1) is 0 Å². The summed E-state index contributed by atoms with van der Waals surface area (Å²) in [6.45, 7) is 2.56. The molecule has 104 valence electrons. The quantitative estimate of drug-likeness (QED) is 0.523. The Balaban J connectivity index is 1.50. The lowest BCUT2D eigenvalue weighted by atomic mass is 9.50. The lowest BCUT2D eigenvalue weighted by Crippen LogP contribution is -2.47. The summed E-state index contributed by atoms with van der Waals surface area (Å²) in [4.78, 5) is 0. The summed E-state index contributed by atoms with van der Waals surface area (Å²) in [6, 6.07) is 0. The van der Waals surface area contributed by atoms with E-state index in [2.05, 4.69) is 19.1 Å².